The molecule has 6 nitrogen and oxygen atoms in total. The van der Waals surface area contributed by atoms with Crippen molar-refractivity contribution in [3.63, 3.8) is 0 Å². The Hall–Kier alpha value is -4.24. The third-order valence-electron chi connectivity index (χ3n) is 7.08. The van der Waals surface area contributed by atoms with Crippen molar-refractivity contribution in [3.05, 3.63) is 95.5 Å². The van der Waals surface area contributed by atoms with E-state index in [0.717, 1.165) is 43.2 Å². The van der Waals surface area contributed by atoms with Crippen LogP contribution in [0.2, 0.25) is 0 Å². The van der Waals surface area contributed by atoms with E-state index in [1.165, 1.54) is 17.5 Å². The van der Waals surface area contributed by atoms with E-state index in [1.807, 2.05) is 24.3 Å². The lowest BCUT2D eigenvalue weighted by Gasteiger charge is -2.31. The zero-order valence-electron chi connectivity index (χ0n) is 27.8. The van der Waals surface area contributed by atoms with Gasteiger partial charge < -0.3 is 19.8 Å². The van der Waals surface area contributed by atoms with E-state index in [9.17, 15) is 9.90 Å². The van der Waals surface area contributed by atoms with E-state index in [0.29, 0.717) is 29.2 Å². The molecule has 3 rings (SSSR count). The van der Waals surface area contributed by atoms with Gasteiger partial charge in [0.2, 0.25) is 0 Å². The molecule has 0 aliphatic heterocycles. The average Bonchev–Trinajstić information content (AvgIpc) is 2.96. The summed E-state index contributed by atoms with van der Waals surface area (Å²) < 4.78 is 0. The highest BCUT2D eigenvalue weighted by Gasteiger charge is 2.17. The molecule has 234 valence electrons. The Morgan fingerprint density at radius 3 is 1.18 bits per heavy atom. The summed E-state index contributed by atoms with van der Waals surface area (Å²) in [6.45, 7) is 29.3. The van der Waals surface area contributed by atoms with E-state index in [4.69, 9.17) is 6.57 Å². The summed E-state index contributed by atoms with van der Waals surface area (Å²) >= 11 is 0. The van der Waals surface area contributed by atoms with Gasteiger partial charge in [0.1, 0.15) is 0 Å². The lowest BCUT2D eigenvalue weighted by molar-refractivity contribution is -0.132. The lowest BCUT2D eigenvalue weighted by atomic mass is 10.1. The quantitative estimate of drug-likeness (QED) is 0.140. The summed E-state index contributed by atoms with van der Waals surface area (Å²) in [5.74, 6) is 1.02. The van der Waals surface area contributed by atoms with Crippen molar-refractivity contribution in [1.29, 1.82) is 0 Å². The molecule has 6 heteroatoms. The number of carbonyl (C=O) groups is 1. The third-order valence-corrected chi connectivity index (χ3v) is 7.08. The number of carboxylic acids is 1. The molecule has 0 aromatic heterocycles. The Morgan fingerprint density at radius 2 is 0.909 bits per heavy atom. The van der Waals surface area contributed by atoms with Crippen LogP contribution in [-0.4, -0.2) is 37.3 Å². The van der Waals surface area contributed by atoms with Crippen LogP contribution in [0.3, 0.4) is 0 Å². The minimum atomic E-state index is -1.22. The molecular weight excluding hydrogens is 544 g/mol. The predicted molar refractivity (Wildman–Crippen MR) is 187 cm³/mol. The highest BCUT2D eigenvalue weighted by atomic mass is 16.4. The summed E-state index contributed by atoms with van der Waals surface area (Å²) in [6, 6.07) is 25.2. The molecule has 0 aliphatic carbocycles. The molecule has 0 spiro atoms. The van der Waals surface area contributed by atoms with E-state index in [2.05, 4.69) is 123 Å². The van der Waals surface area contributed by atoms with Crippen LogP contribution < -0.4 is 14.7 Å². The monoisotopic (exact) mass is 594 g/mol. The van der Waals surface area contributed by atoms with Crippen molar-refractivity contribution < 1.29 is 9.90 Å². The van der Waals surface area contributed by atoms with Crippen molar-refractivity contribution in [2.24, 2.45) is 23.7 Å². The van der Waals surface area contributed by atoms with Gasteiger partial charge >= 0.3 is 5.97 Å². The number of hydrogen-bond acceptors (Lipinski definition) is 4. The minimum absolute atomic E-state index is 0.305. The standard InChI is InChI=1S/C38H50N4O2/c1-27(2)23-40(24-28(3)4)32-14-18-35(19-15-32)42(34-12-10-31(11-13-34)22-37(39-9)38(43)44)36-20-16-33(17-21-36)41(25-29(5)6)26-30(7)8/h10-22,27-30H,23-26H2,1-8H3,(H,43,44)/b37-22-. The highest BCUT2D eigenvalue weighted by molar-refractivity contribution is 5.94. The SMILES string of the molecule is [C-]#[N+]/C(=C\c1ccc(N(c2ccc(N(CC(C)C)CC(C)C)cc2)c2ccc(N(CC(C)C)CC(C)C)cc2)cc1)C(=O)O. The Bertz CT molecular complexity index is 1310. The van der Waals surface area contributed by atoms with Crippen LogP contribution in [0.5, 0.6) is 0 Å². The average molecular weight is 595 g/mol. The summed E-state index contributed by atoms with van der Waals surface area (Å²) in [6.07, 6.45) is 1.41. The summed E-state index contributed by atoms with van der Waals surface area (Å²) in [7, 11) is 0. The molecule has 44 heavy (non-hydrogen) atoms. The van der Waals surface area contributed by atoms with Gasteiger partial charge in [-0.05, 0) is 96.0 Å². The first kappa shape index (κ1) is 34.3. The van der Waals surface area contributed by atoms with Gasteiger partial charge in [0.05, 0.1) is 6.57 Å². The Labute approximate surface area is 265 Å². The summed E-state index contributed by atoms with van der Waals surface area (Å²) in [5.41, 5.74) is 5.81. The van der Waals surface area contributed by atoms with Crippen molar-refractivity contribution >= 4 is 40.5 Å². The maximum Gasteiger partial charge on any atom is 0.333 e. The molecule has 0 radical (unpaired) electrons. The van der Waals surface area contributed by atoms with Crippen LogP contribution in [0, 0.1) is 30.2 Å². The van der Waals surface area contributed by atoms with E-state index >= 15 is 0 Å². The van der Waals surface area contributed by atoms with Gasteiger partial charge in [-0.2, -0.15) is 0 Å². The predicted octanol–water partition coefficient (Wildman–Crippen LogP) is 9.74. The molecule has 0 aliphatic rings. The largest absolute Gasteiger partial charge is 0.486 e. The Balaban J connectivity index is 2.05. The Kier molecular flexibility index (Phi) is 12.5. The van der Waals surface area contributed by atoms with Crippen molar-refractivity contribution in [3.8, 4) is 0 Å². The molecule has 0 fully saturated rings. The van der Waals surface area contributed by atoms with Gasteiger partial charge in [-0.3, -0.25) is 4.79 Å². The number of aliphatic carboxylic acids is 1. The van der Waals surface area contributed by atoms with Crippen molar-refractivity contribution in [2.75, 3.05) is 40.9 Å². The van der Waals surface area contributed by atoms with Crippen molar-refractivity contribution in [1.82, 2.24) is 0 Å². The van der Waals surface area contributed by atoms with Crippen LogP contribution in [0.15, 0.2) is 78.5 Å². The molecule has 3 aromatic rings. The second-order valence-electron chi connectivity index (χ2n) is 13.3. The topological polar surface area (TPSA) is 51.4 Å². The first-order valence-electron chi connectivity index (χ1n) is 15.8. The molecule has 0 bridgehead atoms. The van der Waals surface area contributed by atoms with Crippen LogP contribution in [0.1, 0.15) is 61.0 Å². The molecule has 0 saturated heterocycles. The lowest BCUT2D eigenvalue weighted by Crippen LogP contribution is -2.31. The number of rotatable bonds is 15. The molecule has 0 atom stereocenters. The van der Waals surface area contributed by atoms with Gasteiger partial charge in [-0.25, -0.2) is 4.85 Å². The maximum atomic E-state index is 11.4. The summed E-state index contributed by atoms with van der Waals surface area (Å²) in [5, 5.41) is 9.29. The number of anilines is 5. The highest BCUT2D eigenvalue weighted by Crippen LogP contribution is 2.37. The molecule has 0 unspecified atom stereocenters. The first-order valence-corrected chi connectivity index (χ1v) is 15.8. The molecule has 1 N–H and O–H groups in total. The number of nitrogens with zero attached hydrogens (tertiary/aromatic N) is 4. The fourth-order valence-corrected chi connectivity index (χ4v) is 5.43. The molecule has 0 saturated carbocycles. The van der Waals surface area contributed by atoms with Gasteiger partial charge in [-0.15, -0.1) is 0 Å². The first-order chi connectivity index (χ1) is 20.9. The smallest absolute Gasteiger partial charge is 0.333 e. The fraction of sp³-hybridized carbons (Fsp3) is 0.421. The zero-order chi connectivity index (χ0) is 32.4. The van der Waals surface area contributed by atoms with Crippen LogP contribution in [-0.2, 0) is 4.79 Å². The van der Waals surface area contributed by atoms with Gasteiger partial charge in [-0.1, -0.05) is 67.5 Å². The van der Waals surface area contributed by atoms with Gasteiger partial charge in [0.15, 0.2) is 0 Å². The summed E-state index contributed by atoms with van der Waals surface area (Å²) in [4.78, 5) is 21.7. The zero-order valence-corrected chi connectivity index (χ0v) is 27.8. The van der Waals surface area contributed by atoms with Crippen molar-refractivity contribution in [2.45, 2.75) is 55.4 Å². The number of carboxylic acid groups (broad SMARTS) is 1. The second-order valence-corrected chi connectivity index (χ2v) is 13.3. The Morgan fingerprint density at radius 1 is 0.614 bits per heavy atom. The van der Waals surface area contributed by atoms with Crippen LogP contribution in [0.25, 0.3) is 10.9 Å². The van der Waals surface area contributed by atoms with E-state index in [-0.39, 0.29) is 5.70 Å². The number of hydrogen-bond donors (Lipinski definition) is 1. The second kappa shape index (κ2) is 16.0. The normalized spacial score (nSPS) is 11.8. The molecule has 3 aromatic carbocycles. The van der Waals surface area contributed by atoms with Crippen LogP contribution in [0.4, 0.5) is 28.4 Å². The third kappa shape index (κ3) is 9.91. The number of benzene rings is 3. The fourth-order valence-electron chi connectivity index (χ4n) is 5.43. The molecule has 0 heterocycles. The molecular formula is C38H50N4O2. The van der Waals surface area contributed by atoms with E-state index < -0.39 is 5.97 Å². The van der Waals surface area contributed by atoms with E-state index in [1.54, 1.807) is 0 Å². The maximum absolute atomic E-state index is 11.4. The van der Waals surface area contributed by atoms with Crippen LogP contribution >= 0.6 is 0 Å². The minimum Gasteiger partial charge on any atom is -0.486 e. The van der Waals surface area contributed by atoms with Gasteiger partial charge in [0, 0.05) is 54.6 Å². The van der Waals surface area contributed by atoms with Gasteiger partial charge in [0.25, 0.3) is 5.70 Å². The molecule has 0 amide bonds.